The molecule has 0 aromatic carbocycles. The molecule has 3 aromatic rings. The summed E-state index contributed by atoms with van der Waals surface area (Å²) in [5, 5.41) is 17.4. The Hall–Kier alpha value is -2.20. The molecule has 0 amide bonds. The number of nitrogens with zero attached hydrogens (tertiary/aromatic N) is 4. The Labute approximate surface area is 166 Å². The molecule has 0 radical (unpaired) electrons. The molecule has 4 rings (SSSR count). The average molecular weight is 456 g/mol. The van der Waals surface area contributed by atoms with Gasteiger partial charge in [0, 0.05) is 36.5 Å². The molecule has 2 atom stereocenters. The number of aliphatic hydroxyl groups excluding tert-OH is 1. The monoisotopic (exact) mass is 455 g/mol. The first-order valence-electron chi connectivity index (χ1n) is 8.73. The molecule has 1 aliphatic carbocycles. The Morgan fingerprint density at radius 3 is 2.68 bits per heavy atom. The van der Waals surface area contributed by atoms with Crippen molar-refractivity contribution in [3.05, 3.63) is 52.5 Å². The number of rotatable bonds is 4. The van der Waals surface area contributed by atoms with E-state index < -0.39 is 23.4 Å². The van der Waals surface area contributed by atoms with Crippen LogP contribution in [0.25, 0.3) is 5.65 Å². The molecule has 1 fully saturated rings. The fraction of sp³-hybridized carbons (Fsp3) is 0.389. The number of hydrogen-bond acceptors (Lipinski definition) is 5. The van der Waals surface area contributed by atoms with Crippen LogP contribution < -0.4 is 5.32 Å². The summed E-state index contributed by atoms with van der Waals surface area (Å²) in [5.41, 5.74) is -0.303. The van der Waals surface area contributed by atoms with Gasteiger partial charge in [-0.25, -0.2) is 4.98 Å². The van der Waals surface area contributed by atoms with Gasteiger partial charge in [0.05, 0.1) is 6.10 Å². The number of aromatic nitrogens is 4. The minimum Gasteiger partial charge on any atom is -0.393 e. The van der Waals surface area contributed by atoms with E-state index in [1.807, 2.05) is 12.1 Å². The van der Waals surface area contributed by atoms with Crippen LogP contribution in [-0.2, 0) is 11.6 Å². The number of pyridine rings is 1. The van der Waals surface area contributed by atoms with Gasteiger partial charge in [0.1, 0.15) is 10.4 Å². The predicted molar refractivity (Wildman–Crippen MR) is 100.0 cm³/mol. The lowest BCUT2D eigenvalue weighted by molar-refractivity contribution is -0.141. The van der Waals surface area contributed by atoms with E-state index in [1.54, 1.807) is 12.4 Å². The van der Waals surface area contributed by atoms with Crippen molar-refractivity contribution in [2.45, 2.75) is 37.0 Å². The van der Waals surface area contributed by atoms with E-state index in [-0.39, 0.29) is 11.5 Å². The molecule has 3 heterocycles. The summed E-state index contributed by atoms with van der Waals surface area (Å²) < 4.78 is 41.5. The highest BCUT2D eigenvalue weighted by atomic mass is 79.9. The molecule has 0 spiro atoms. The molecular weight excluding hydrogens is 439 g/mol. The van der Waals surface area contributed by atoms with E-state index in [2.05, 4.69) is 36.3 Å². The first-order chi connectivity index (χ1) is 13.3. The fourth-order valence-corrected chi connectivity index (χ4v) is 4.17. The molecule has 6 nitrogen and oxygen atoms in total. The van der Waals surface area contributed by atoms with Gasteiger partial charge in [0.15, 0.2) is 11.3 Å². The number of alkyl halides is 3. The van der Waals surface area contributed by atoms with Crippen molar-refractivity contribution in [3.63, 3.8) is 0 Å². The minimum atomic E-state index is -4.57. The Morgan fingerprint density at radius 1 is 1.29 bits per heavy atom. The van der Waals surface area contributed by atoms with Crippen LogP contribution in [0.4, 0.5) is 19.0 Å². The Kier molecular flexibility index (Phi) is 4.78. The average Bonchev–Trinajstić information content (AvgIpc) is 3.22. The molecule has 28 heavy (non-hydrogen) atoms. The first kappa shape index (κ1) is 19.1. The van der Waals surface area contributed by atoms with Crippen LogP contribution in [0.2, 0.25) is 0 Å². The second kappa shape index (κ2) is 7.00. The third-order valence-electron chi connectivity index (χ3n) is 5.17. The molecule has 0 bridgehead atoms. The van der Waals surface area contributed by atoms with Gasteiger partial charge < -0.3 is 10.4 Å². The highest BCUT2D eigenvalue weighted by molar-refractivity contribution is 9.10. The van der Waals surface area contributed by atoms with Crippen LogP contribution in [0.3, 0.4) is 0 Å². The van der Waals surface area contributed by atoms with Gasteiger partial charge in [-0.05, 0) is 52.9 Å². The maximum Gasteiger partial charge on any atom is 0.433 e. The van der Waals surface area contributed by atoms with Crippen LogP contribution in [0.15, 0.2) is 41.3 Å². The van der Waals surface area contributed by atoms with E-state index in [1.165, 1.54) is 10.6 Å². The summed E-state index contributed by atoms with van der Waals surface area (Å²) in [7, 11) is 0. The summed E-state index contributed by atoms with van der Waals surface area (Å²) in [6, 6.07) is 6.15. The van der Waals surface area contributed by atoms with Crippen molar-refractivity contribution in [1.29, 1.82) is 0 Å². The largest absolute Gasteiger partial charge is 0.433 e. The fourth-order valence-electron chi connectivity index (χ4n) is 3.81. The third kappa shape index (κ3) is 3.58. The molecule has 3 aromatic heterocycles. The zero-order valence-corrected chi connectivity index (χ0v) is 16.2. The van der Waals surface area contributed by atoms with Gasteiger partial charge in [0.25, 0.3) is 0 Å². The van der Waals surface area contributed by atoms with Crippen LogP contribution >= 0.6 is 15.9 Å². The van der Waals surface area contributed by atoms with Gasteiger partial charge in [-0.3, -0.25) is 4.98 Å². The quantitative estimate of drug-likeness (QED) is 0.625. The van der Waals surface area contributed by atoms with Crippen molar-refractivity contribution in [3.8, 4) is 0 Å². The minimum absolute atomic E-state index is 0.0913. The molecule has 0 saturated heterocycles. The van der Waals surface area contributed by atoms with Gasteiger partial charge in [-0.2, -0.15) is 22.8 Å². The third-order valence-corrected chi connectivity index (χ3v) is 5.56. The number of hydrogen-bond donors (Lipinski definition) is 2. The summed E-state index contributed by atoms with van der Waals surface area (Å²) in [4.78, 5) is 7.68. The van der Waals surface area contributed by atoms with Crippen LogP contribution in [0, 0.1) is 0 Å². The van der Waals surface area contributed by atoms with Crippen LogP contribution in [0.5, 0.6) is 0 Å². The van der Waals surface area contributed by atoms with Crippen LogP contribution in [0.1, 0.15) is 30.5 Å². The van der Waals surface area contributed by atoms with E-state index in [9.17, 15) is 18.3 Å². The first-order valence-corrected chi connectivity index (χ1v) is 9.52. The summed E-state index contributed by atoms with van der Waals surface area (Å²) in [5.74, 6) is 0.192. The van der Waals surface area contributed by atoms with E-state index in [4.69, 9.17) is 0 Å². The highest BCUT2D eigenvalue weighted by Crippen LogP contribution is 2.41. The number of anilines is 1. The Bertz CT molecular complexity index is 994. The lowest BCUT2D eigenvalue weighted by atomic mass is 9.79. The predicted octanol–water partition coefficient (Wildman–Crippen LogP) is 3.80. The van der Waals surface area contributed by atoms with Gasteiger partial charge in [0.2, 0.25) is 0 Å². The second-order valence-corrected chi connectivity index (χ2v) is 7.84. The van der Waals surface area contributed by atoms with Crippen molar-refractivity contribution in [2.75, 3.05) is 11.9 Å². The van der Waals surface area contributed by atoms with E-state index >= 15 is 0 Å². The van der Waals surface area contributed by atoms with E-state index in [0.717, 1.165) is 11.6 Å². The van der Waals surface area contributed by atoms with Gasteiger partial charge in [-0.15, -0.1) is 0 Å². The molecule has 2 N–H and O–H groups in total. The molecule has 1 aliphatic rings. The molecule has 10 heteroatoms. The number of nitrogens with one attached hydrogen (secondary N) is 1. The molecular formula is C18H17BrF3N5O. The topological polar surface area (TPSA) is 75.3 Å². The van der Waals surface area contributed by atoms with Crippen molar-refractivity contribution in [2.24, 2.45) is 0 Å². The zero-order chi connectivity index (χ0) is 19.9. The summed E-state index contributed by atoms with van der Waals surface area (Å²) >= 11 is 3.19. The smallest absolute Gasteiger partial charge is 0.393 e. The zero-order valence-electron chi connectivity index (χ0n) is 14.6. The van der Waals surface area contributed by atoms with Gasteiger partial charge >= 0.3 is 6.18 Å². The summed E-state index contributed by atoms with van der Waals surface area (Å²) in [6.45, 7) is 0.349. The SMILES string of the molecule is O[C@H]1CC[C@](CNc2cc(C(F)(F)F)nc3cc(Br)nn23)(c2ccncc2)C1. The lowest BCUT2D eigenvalue weighted by Crippen LogP contribution is -2.33. The van der Waals surface area contributed by atoms with Crippen molar-refractivity contribution in [1.82, 2.24) is 19.6 Å². The molecule has 1 saturated carbocycles. The second-order valence-electron chi connectivity index (χ2n) is 7.03. The number of fused-ring (bicyclic) bond motifs is 1. The van der Waals surface area contributed by atoms with E-state index in [0.29, 0.717) is 30.4 Å². The number of halogens is 4. The van der Waals surface area contributed by atoms with Crippen molar-refractivity contribution < 1.29 is 18.3 Å². The molecule has 148 valence electrons. The summed E-state index contributed by atoms with van der Waals surface area (Å²) in [6.07, 6.45) is 0.217. The normalized spacial score (nSPS) is 22.7. The maximum absolute atomic E-state index is 13.3. The maximum atomic E-state index is 13.3. The standard InChI is InChI=1S/C18H17BrF3N5O/c19-14-8-16-25-13(18(20,21)22)7-15(27(16)26-14)24-10-17(4-1-12(28)9-17)11-2-5-23-6-3-11/h2-3,5-8,12,24,28H,1,4,9-10H2/t12-,17-/m0/s1. The lowest BCUT2D eigenvalue weighted by Gasteiger charge is -2.30. The molecule has 0 aliphatic heterocycles. The number of aliphatic hydroxyl groups is 1. The van der Waals surface area contributed by atoms with Crippen LogP contribution in [-0.4, -0.2) is 37.3 Å². The molecule has 0 unspecified atom stereocenters. The van der Waals surface area contributed by atoms with Gasteiger partial charge in [-0.1, -0.05) is 0 Å². The highest BCUT2D eigenvalue weighted by Gasteiger charge is 2.40. The van der Waals surface area contributed by atoms with Crippen molar-refractivity contribution >= 4 is 27.4 Å². The Balaban J connectivity index is 1.71. The Morgan fingerprint density at radius 2 is 2.04 bits per heavy atom.